The lowest BCUT2D eigenvalue weighted by atomic mass is 9.99. The lowest BCUT2D eigenvalue weighted by molar-refractivity contribution is 0.461. The van der Waals surface area contributed by atoms with Crippen LogP contribution >= 0.6 is 0 Å². The van der Waals surface area contributed by atoms with Gasteiger partial charge in [0.25, 0.3) is 0 Å². The van der Waals surface area contributed by atoms with Crippen LogP contribution in [0, 0.1) is 12.5 Å². The Morgan fingerprint density at radius 2 is 2.00 bits per heavy atom. The standard InChI is InChI=1S/C11H22N/c1-5-7-10(2)8-6-9-11(3)12-4/h1,5,10-12H,6-9H2,2-4H3. The van der Waals surface area contributed by atoms with Crippen LogP contribution in [-0.4, -0.2) is 13.1 Å². The van der Waals surface area contributed by atoms with E-state index in [9.17, 15) is 0 Å². The van der Waals surface area contributed by atoms with E-state index in [2.05, 4.69) is 19.2 Å². The smallest absolute Gasteiger partial charge is 0.00357 e. The maximum absolute atomic E-state index is 5.35. The SMILES string of the molecule is [CH]=CCC(C)CCCC(C)NC. The van der Waals surface area contributed by atoms with E-state index < -0.39 is 0 Å². The van der Waals surface area contributed by atoms with E-state index in [-0.39, 0.29) is 0 Å². The second-order valence-electron chi connectivity index (χ2n) is 3.70. The van der Waals surface area contributed by atoms with Crippen molar-refractivity contribution in [3.8, 4) is 0 Å². The molecule has 0 amide bonds. The molecule has 12 heavy (non-hydrogen) atoms. The van der Waals surface area contributed by atoms with Crippen molar-refractivity contribution in [1.82, 2.24) is 5.32 Å². The third-order valence-electron chi connectivity index (χ3n) is 2.37. The fourth-order valence-corrected chi connectivity index (χ4v) is 1.27. The van der Waals surface area contributed by atoms with Crippen molar-refractivity contribution in [2.75, 3.05) is 7.05 Å². The maximum Gasteiger partial charge on any atom is 0.00357 e. The summed E-state index contributed by atoms with van der Waals surface area (Å²) >= 11 is 0. The first-order chi connectivity index (χ1) is 5.70. The summed E-state index contributed by atoms with van der Waals surface area (Å²) < 4.78 is 0. The Morgan fingerprint density at radius 1 is 1.33 bits per heavy atom. The maximum atomic E-state index is 5.35. The van der Waals surface area contributed by atoms with Gasteiger partial charge in [-0.1, -0.05) is 32.4 Å². The summed E-state index contributed by atoms with van der Waals surface area (Å²) in [5.41, 5.74) is 0. The Bertz CT molecular complexity index is 110. The molecular weight excluding hydrogens is 146 g/mol. The minimum atomic E-state index is 0.652. The van der Waals surface area contributed by atoms with Gasteiger partial charge < -0.3 is 5.32 Å². The van der Waals surface area contributed by atoms with Gasteiger partial charge >= 0.3 is 0 Å². The molecule has 0 bridgehead atoms. The number of nitrogens with one attached hydrogen (secondary N) is 1. The number of hydrogen-bond donors (Lipinski definition) is 1. The highest BCUT2D eigenvalue weighted by atomic mass is 14.8. The Morgan fingerprint density at radius 3 is 2.50 bits per heavy atom. The first kappa shape index (κ1) is 11.7. The van der Waals surface area contributed by atoms with Gasteiger partial charge in [-0.05, 0) is 32.7 Å². The second-order valence-corrected chi connectivity index (χ2v) is 3.70. The summed E-state index contributed by atoms with van der Waals surface area (Å²) in [5.74, 6) is 0.749. The Kier molecular flexibility index (Phi) is 7.17. The molecule has 1 nitrogen and oxygen atoms in total. The van der Waals surface area contributed by atoms with Crippen LogP contribution in [0.25, 0.3) is 0 Å². The van der Waals surface area contributed by atoms with E-state index in [4.69, 9.17) is 6.58 Å². The predicted molar refractivity (Wildman–Crippen MR) is 55.0 cm³/mol. The number of allylic oxidation sites excluding steroid dienone is 1. The lowest BCUT2D eigenvalue weighted by Crippen LogP contribution is -2.20. The van der Waals surface area contributed by atoms with Crippen molar-refractivity contribution >= 4 is 0 Å². The molecule has 0 spiro atoms. The Labute approximate surface area is 77.2 Å². The second kappa shape index (κ2) is 7.35. The normalized spacial score (nSPS) is 15.6. The van der Waals surface area contributed by atoms with Crippen LogP contribution in [0.4, 0.5) is 0 Å². The topological polar surface area (TPSA) is 12.0 Å². The molecule has 0 saturated carbocycles. The van der Waals surface area contributed by atoms with E-state index in [1.54, 1.807) is 6.08 Å². The van der Waals surface area contributed by atoms with Gasteiger partial charge in [0.2, 0.25) is 0 Å². The molecule has 0 aliphatic rings. The zero-order valence-electron chi connectivity index (χ0n) is 8.64. The van der Waals surface area contributed by atoms with Gasteiger partial charge in [-0.25, -0.2) is 0 Å². The molecule has 2 unspecified atom stereocenters. The molecule has 0 saturated heterocycles. The largest absolute Gasteiger partial charge is 0.317 e. The molecule has 1 heteroatoms. The van der Waals surface area contributed by atoms with Crippen molar-refractivity contribution in [1.29, 1.82) is 0 Å². The highest BCUT2D eigenvalue weighted by molar-refractivity contribution is 4.68. The van der Waals surface area contributed by atoms with Crippen molar-refractivity contribution in [3.05, 3.63) is 12.7 Å². The Balaban J connectivity index is 3.23. The van der Waals surface area contributed by atoms with Crippen molar-refractivity contribution < 1.29 is 0 Å². The van der Waals surface area contributed by atoms with E-state index in [0.29, 0.717) is 6.04 Å². The fourth-order valence-electron chi connectivity index (χ4n) is 1.27. The van der Waals surface area contributed by atoms with Gasteiger partial charge in [0, 0.05) is 6.04 Å². The van der Waals surface area contributed by atoms with Crippen LogP contribution < -0.4 is 5.32 Å². The van der Waals surface area contributed by atoms with E-state index in [1.165, 1.54) is 19.3 Å². The van der Waals surface area contributed by atoms with Crippen LogP contribution in [0.5, 0.6) is 0 Å². The van der Waals surface area contributed by atoms with Crippen molar-refractivity contribution in [2.24, 2.45) is 5.92 Å². The van der Waals surface area contributed by atoms with Gasteiger partial charge in [0.15, 0.2) is 0 Å². The molecule has 0 fully saturated rings. The first-order valence-corrected chi connectivity index (χ1v) is 4.91. The van der Waals surface area contributed by atoms with Crippen LogP contribution in [0.15, 0.2) is 6.08 Å². The zero-order valence-corrected chi connectivity index (χ0v) is 8.64. The van der Waals surface area contributed by atoms with E-state index in [0.717, 1.165) is 12.3 Å². The van der Waals surface area contributed by atoms with Crippen molar-refractivity contribution in [3.63, 3.8) is 0 Å². The lowest BCUT2D eigenvalue weighted by Gasteiger charge is -2.12. The summed E-state index contributed by atoms with van der Waals surface area (Å²) in [4.78, 5) is 0. The quantitative estimate of drug-likeness (QED) is 0.616. The third-order valence-corrected chi connectivity index (χ3v) is 2.37. The van der Waals surface area contributed by atoms with Crippen LogP contribution in [-0.2, 0) is 0 Å². The molecule has 2 atom stereocenters. The molecule has 0 aromatic carbocycles. The summed E-state index contributed by atoms with van der Waals surface area (Å²) in [6, 6.07) is 0.652. The van der Waals surface area contributed by atoms with E-state index >= 15 is 0 Å². The Hall–Kier alpha value is -0.300. The average molecular weight is 168 g/mol. The molecule has 71 valence electrons. The summed E-state index contributed by atoms with van der Waals surface area (Å²) in [6.45, 7) is 9.83. The monoisotopic (exact) mass is 168 g/mol. The molecule has 0 aliphatic heterocycles. The first-order valence-electron chi connectivity index (χ1n) is 4.91. The highest BCUT2D eigenvalue weighted by Gasteiger charge is 2.01. The summed E-state index contributed by atoms with van der Waals surface area (Å²) in [6.07, 6.45) is 6.68. The van der Waals surface area contributed by atoms with E-state index in [1.807, 2.05) is 7.05 Å². The molecule has 0 aliphatic carbocycles. The van der Waals surface area contributed by atoms with Crippen molar-refractivity contribution in [2.45, 2.75) is 45.6 Å². The molecule has 0 heterocycles. The molecule has 1 radical (unpaired) electrons. The molecular formula is C11H22N. The van der Waals surface area contributed by atoms with Gasteiger partial charge in [-0.15, -0.1) is 0 Å². The minimum absolute atomic E-state index is 0.652. The van der Waals surface area contributed by atoms with Gasteiger partial charge in [0.1, 0.15) is 0 Å². The minimum Gasteiger partial charge on any atom is -0.317 e. The molecule has 0 aromatic rings. The summed E-state index contributed by atoms with van der Waals surface area (Å²) in [7, 11) is 2.02. The van der Waals surface area contributed by atoms with Gasteiger partial charge in [-0.2, -0.15) is 0 Å². The van der Waals surface area contributed by atoms with Gasteiger partial charge in [-0.3, -0.25) is 0 Å². The fraction of sp³-hybridized carbons (Fsp3) is 0.818. The summed E-state index contributed by atoms with van der Waals surface area (Å²) in [5, 5.41) is 3.24. The molecule has 0 rings (SSSR count). The number of rotatable bonds is 7. The van der Waals surface area contributed by atoms with Crippen LogP contribution in [0.1, 0.15) is 39.5 Å². The number of hydrogen-bond acceptors (Lipinski definition) is 1. The zero-order chi connectivity index (χ0) is 9.40. The average Bonchev–Trinajstić information content (AvgIpc) is 2.04. The highest BCUT2D eigenvalue weighted by Crippen LogP contribution is 2.12. The van der Waals surface area contributed by atoms with Crippen LogP contribution in [0.2, 0.25) is 0 Å². The van der Waals surface area contributed by atoms with Gasteiger partial charge in [0.05, 0.1) is 0 Å². The third kappa shape index (κ3) is 6.41. The predicted octanol–water partition coefficient (Wildman–Crippen LogP) is 2.78. The molecule has 1 N–H and O–H groups in total. The molecule has 0 aromatic heterocycles. The van der Waals surface area contributed by atoms with Crippen LogP contribution in [0.3, 0.4) is 0 Å².